The van der Waals surface area contributed by atoms with Gasteiger partial charge in [-0.25, -0.2) is 0 Å². The Hall–Kier alpha value is -3.06. The summed E-state index contributed by atoms with van der Waals surface area (Å²) in [5.41, 5.74) is 5.50. The highest BCUT2D eigenvalue weighted by Gasteiger charge is 2.31. The third-order valence-electron chi connectivity index (χ3n) is 5.21. The first-order chi connectivity index (χ1) is 16.8. The summed E-state index contributed by atoms with van der Waals surface area (Å²) in [5, 5.41) is 19.3. The molecule has 13 heteroatoms. The average Bonchev–Trinajstić information content (AvgIpc) is 2.75. The van der Waals surface area contributed by atoms with E-state index in [0.29, 0.717) is 38.5 Å². The summed E-state index contributed by atoms with van der Waals surface area (Å²) in [4.78, 5) is 72.9. The molecule has 0 fully saturated rings. The van der Waals surface area contributed by atoms with Gasteiger partial charge in [-0.15, -0.1) is 0 Å². The normalized spacial score (nSPS) is 13.9. The van der Waals surface area contributed by atoms with E-state index in [1.807, 2.05) is 27.7 Å². The van der Waals surface area contributed by atoms with Gasteiger partial charge in [-0.3, -0.25) is 24.0 Å². The summed E-state index contributed by atoms with van der Waals surface area (Å²) in [6.45, 7) is 9.11. The second-order valence-corrected chi connectivity index (χ2v) is 9.77. The number of carbonyl (C=O) groups excluding carboxylic acids is 5. The molecule has 0 spiro atoms. The van der Waals surface area contributed by atoms with E-state index in [0.717, 1.165) is 0 Å². The van der Waals surface area contributed by atoms with E-state index >= 15 is 0 Å². The predicted molar refractivity (Wildman–Crippen MR) is 139 cm³/mol. The number of nitrogens with one attached hydrogen (secondary N) is 4. The van der Waals surface area contributed by atoms with Crippen LogP contribution in [-0.4, -0.2) is 71.7 Å². The Morgan fingerprint density at radius 3 is 1.76 bits per heavy atom. The monoisotopic (exact) mass is 530 g/mol. The molecule has 0 radical (unpaired) electrons. The van der Waals surface area contributed by atoms with Gasteiger partial charge in [0.15, 0.2) is 0 Å². The molecule has 0 rings (SSSR count). The summed E-state index contributed by atoms with van der Waals surface area (Å²) in [5.74, 6) is -3.78. The third-order valence-corrected chi connectivity index (χ3v) is 5.21. The van der Waals surface area contributed by atoms with Gasteiger partial charge in [0.2, 0.25) is 23.6 Å². The number of unbranched alkanes of at least 4 members (excludes halogenated alkanes) is 1. The van der Waals surface area contributed by atoms with Crippen molar-refractivity contribution >= 4 is 35.9 Å². The van der Waals surface area contributed by atoms with Crippen LogP contribution >= 0.6 is 0 Å². The highest BCUT2D eigenvalue weighted by molar-refractivity contribution is 5.95. The van der Waals surface area contributed by atoms with Gasteiger partial charge in [0.25, 0.3) is 0 Å². The number of amides is 4. The molecule has 0 aliphatic carbocycles. The molecule has 0 saturated heterocycles. The highest BCUT2D eigenvalue weighted by atomic mass is 16.4. The van der Waals surface area contributed by atoms with Crippen molar-refractivity contribution in [2.75, 3.05) is 6.54 Å². The molecular formula is C24H46N6O7. The fourth-order valence-electron chi connectivity index (χ4n) is 3.58. The van der Waals surface area contributed by atoms with Crippen molar-refractivity contribution < 1.29 is 33.9 Å². The Kier molecular flexibility index (Phi) is 18.6. The molecule has 37 heavy (non-hydrogen) atoms. The van der Waals surface area contributed by atoms with Crippen LogP contribution in [0.15, 0.2) is 0 Å². The quantitative estimate of drug-likeness (QED) is 0.0932. The fourth-order valence-corrected chi connectivity index (χ4v) is 3.58. The first-order valence-corrected chi connectivity index (χ1v) is 12.4. The molecule has 0 aromatic carbocycles. The van der Waals surface area contributed by atoms with Crippen molar-refractivity contribution in [2.24, 2.45) is 17.6 Å². The van der Waals surface area contributed by atoms with Crippen LogP contribution in [0.25, 0.3) is 0 Å². The SMILES string of the molecule is CC(=O)N[C@@H](CCCCN)C(=O)N[C@@H](CC(C)C)C(=O)N[C@@H](CC(=O)O)C(=O)N[C@H](C=O)CC(C)C.N. The molecule has 0 aromatic rings. The van der Waals surface area contributed by atoms with Gasteiger partial charge in [-0.1, -0.05) is 27.7 Å². The summed E-state index contributed by atoms with van der Waals surface area (Å²) >= 11 is 0. The van der Waals surface area contributed by atoms with Crippen molar-refractivity contribution in [3.63, 3.8) is 0 Å². The molecule has 0 aliphatic heterocycles. The molecule has 10 N–H and O–H groups in total. The largest absolute Gasteiger partial charge is 0.481 e. The lowest BCUT2D eigenvalue weighted by Crippen LogP contribution is -2.58. The molecule has 4 atom stereocenters. The molecule has 0 heterocycles. The van der Waals surface area contributed by atoms with E-state index in [2.05, 4.69) is 21.3 Å². The van der Waals surface area contributed by atoms with Crippen LogP contribution in [0.1, 0.15) is 73.1 Å². The van der Waals surface area contributed by atoms with Crippen LogP contribution in [0.4, 0.5) is 0 Å². The molecular weight excluding hydrogens is 484 g/mol. The number of rotatable bonds is 18. The minimum Gasteiger partial charge on any atom is -0.481 e. The van der Waals surface area contributed by atoms with E-state index in [1.54, 1.807) is 0 Å². The van der Waals surface area contributed by atoms with Gasteiger partial charge in [0.05, 0.1) is 12.5 Å². The summed E-state index contributed by atoms with van der Waals surface area (Å²) < 4.78 is 0. The van der Waals surface area contributed by atoms with Crippen LogP contribution in [0.3, 0.4) is 0 Å². The minimum absolute atomic E-state index is 0. The molecule has 0 unspecified atom stereocenters. The van der Waals surface area contributed by atoms with E-state index in [1.165, 1.54) is 6.92 Å². The Bertz CT molecular complexity index is 760. The third kappa shape index (κ3) is 16.3. The zero-order valence-electron chi connectivity index (χ0n) is 22.7. The summed E-state index contributed by atoms with van der Waals surface area (Å²) in [7, 11) is 0. The number of nitrogens with two attached hydrogens (primary N) is 1. The number of hydrogen-bond acceptors (Lipinski definition) is 8. The van der Waals surface area contributed by atoms with Gasteiger partial charge >= 0.3 is 5.97 Å². The number of carbonyl (C=O) groups is 6. The first kappa shape index (κ1) is 36.1. The van der Waals surface area contributed by atoms with E-state index in [-0.39, 0.29) is 24.4 Å². The number of hydrogen-bond donors (Lipinski definition) is 7. The average molecular weight is 531 g/mol. The lowest BCUT2D eigenvalue weighted by molar-refractivity contribution is -0.141. The second-order valence-electron chi connectivity index (χ2n) is 9.77. The molecule has 13 nitrogen and oxygen atoms in total. The van der Waals surface area contributed by atoms with Crippen LogP contribution in [0.5, 0.6) is 0 Å². The lowest BCUT2D eigenvalue weighted by Gasteiger charge is -2.26. The zero-order valence-corrected chi connectivity index (χ0v) is 22.7. The van der Waals surface area contributed by atoms with Gasteiger partial charge in [-0.05, 0) is 50.5 Å². The molecule has 214 valence electrons. The number of carboxylic acids is 1. The van der Waals surface area contributed by atoms with E-state index in [9.17, 15) is 33.9 Å². The van der Waals surface area contributed by atoms with Crippen molar-refractivity contribution in [3.05, 3.63) is 0 Å². The molecule has 0 aromatic heterocycles. The molecule has 4 amide bonds. The lowest BCUT2D eigenvalue weighted by atomic mass is 10.0. The topological polar surface area (TPSA) is 232 Å². The molecule has 0 bridgehead atoms. The Morgan fingerprint density at radius 2 is 1.30 bits per heavy atom. The predicted octanol–water partition coefficient (Wildman–Crippen LogP) is 0.00230. The minimum atomic E-state index is -1.45. The van der Waals surface area contributed by atoms with Crippen LogP contribution < -0.4 is 33.2 Å². The van der Waals surface area contributed by atoms with Crippen molar-refractivity contribution in [3.8, 4) is 0 Å². The number of aldehydes is 1. The van der Waals surface area contributed by atoms with Crippen LogP contribution in [0, 0.1) is 11.8 Å². The standard InChI is InChI=1S/C24H43N5O7.H3N/c1-14(2)10-17(13-30)27-23(35)20(12-21(32)33)29-24(36)19(11-15(3)4)28-22(34)18(26-16(5)31)8-6-7-9-25;/h13-15,17-20H,6-12,25H2,1-5H3,(H,26,31)(H,27,35)(H,28,34)(H,29,36)(H,32,33);1H3/t17-,18-,19-,20-;/m0./s1. The smallest absolute Gasteiger partial charge is 0.305 e. The van der Waals surface area contributed by atoms with Crippen molar-refractivity contribution in [1.82, 2.24) is 27.4 Å². The maximum Gasteiger partial charge on any atom is 0.305 e. The van der Waals surface area contributed by atoms with Crippen LogP contribution in [-0.2, 0) is 28.8 Å². The molecule has 0 aliphatic rings. The van der Waals surface area contributed by atoms with Gasteiger partial charge in [0.1, 0.15) is 24.4 Å². The zero-order chi connectivity index (χ0) is 27.8. The van der Waals surface area contributed by atoms with Crippen molar-refractivity contribution in [1.29, 1.82) is 0 Å². The van der Waals surface area contributed by atoms with Crippen molar-refractivity contribution in [2.45, 2.75) is 97.3 Å². The first-order valence-electron chi connectivity index (χ1n) is 12.4. The van der Waals surface area contributed by atoms with Gasteiger partial charge < -0.3 is 43.1 Å². The van der Waals surface area contributed by atoms with Gasteiger partial charge in [-0.2, -0.15) is 0 Å². The number of carboxylic acid groups (broad SMARTS) is 1. The van der Waals surface area contributed by atoms with Crippen LogP contribution in [0.2, 0.25) is 0 Å². The van der Waals surface area contributed by atoms with Gasteiger partial charge in [0, 0.05) is 6.92 Å². The Labute approximate surface area is 219 Å². The van der Waals surface area contributed by atoms with E-state index in [4.69, 9.17) is 5.73 Å². The fraction of sp³-hybridized carbons (Fsp3) is 0.750. The second kappa shape index (κ2) is 19.1. The maximum absolute atomic E-state index is 13.1. The summed E-state index contributed by atoms with van der Waals surface area (Å²) in [6, 6.07) is -4.24. The maximum atomic E-state index is 13.1. The Balaban J connectivity index is 0. The highest BCUT2D eigenvalue weighted by Crippen LogP contribution is 2.09. The van der Waals surface area contributed by atoms with E-state index < -0.39 is 60.2 Å². The summed E-state index contributed by atoms with van der Waals surface area (Å²) in [6.07, 6.45) is 1.98. The molecule has 0 saturated carbocycles. The Morgan fingerprint density at radius 1 is 0.784 bits per heavy atom. The number of aliphatic carboxylic acids is 1.